The molecule has 3 saturated carbocycles. The third-order valence-electron chi connectivity index (χ3n) is 9.73. The Labute approximate surface area is 247 Å². The average Bonchev–Trinajstić information content (AvgIpc) is 2.96. The van der Waals surface area contributed by atoms with Crippen LogP contribution in [0.25, 0.3) is 0 Å². The normalized spacial score (nSPS) is 20.1. The van der Waals surface area contributed by atoms with Crippen molar-refractivity contribution in [2.45, 2.75) is 179 Å². The molecular formula is C32H61O6PS. The van der Waals surface area contributed by atoms with Crippen LogP contribution in [0.1, 0.15) is 162 Å². The second kappa shape index (κ2) is 20.6. The molecule has 0 atom stereocenters. The maximum Gasteiger partial charge on any atom is 0.302 e. The number of hydrogen-bond acceptors (Lipinski definition) is 6. The van der Waals surface area contributed by atoms with E-state index >= 15 is 0 Å². The fraction of sp³-hybridized carbons (Fsp3) is 0.969. The molecule has 0 heterocycles. The van der Waals surface area contributed by atoms with Gasteiger partial charge in [-0.2, -0.15) is 0 Å². The Balaban J connectivity index is 0.000000366. The Kier molecular flexibility index (Phi) is 18.6. The molecule has 0 aromatic rings. The van der Waals surface area contributed by atoms with Gasteiger partial charge in [0, 0.05) is 14.2 Å². The summed E-state index contributed by atoms with van der Waals surface area (Å²) in [6.07, 6.45) is 32.9. The van der Waals surface area contributed by atoms with Gasteiger partial charge in [-0.15, -0.1) is 0 Å². The quantitative estimate of drug-likeness (QED) is 0.0573. The van der Waals surface area contributed by atoms with E-state index in [1.165, 1.54) is 89.6 Å². The van der Waals surface area contributed by atoms with Crippen LogP contribution in [0.4, 0.5) is 0 Å². The van der Waals surface area contributed by atoms with Gasteiger partial charge in [0.05, 0.1) is 36.4 Å². The Morgan fingerprint density at radius 3 is 1.52 bits per heavy atom. The highest BCUT2D eigenvalue weighted by Gasteiger charge is 2.56. The molecule has 0 aromatic heterocycles. The van der Waals surface area contributed by atoms with Gasteiger partial charge in [-0.1, -0.05) is 58.3 Å². The summed E-state index contributed by atoms with van der Waals surface area (Å²) in [5.74, 6) is -0.108. The minimum Gasteiger partial charge on any atom is -0.726 e. The van der Waals surface area contributed by atoms with Crippen molar-refractivity contribution in [2.24, 2.45) is 0 Å². The highest BCUT2D eigenvalue weighted by atomic mass is 32.3. The molecule has 40 heavy (non-hydrogen) atoms. The number of carbonyl (C=O) groups is 1. The highest BCUT2D eigenvalue weighted by Crippen LogP contribution is 2.77. The van der Waals surface area contributed by atoms with E-state index in [-0.39, 0.29) is 12.6 Å². The van der Waals surface area contributed by atoms with E-state index in [0.29, 0.717) is 13.0 Å². The van der Waals surface area contributed by atoms with Crippen LogP contribution in [0, 0.1) is 0 Å². The Hall–Kier alpha value is -0.230. The summed E-state index contributed by atoms with van der Waals surface area (Å²) in [4.78, 5) is 11.1. The van der Waals surface area contributed by atoms with Crippen LogP contribution in [0.3, 0.4) is 0 Å². The molecule has 0 saturated heterocycles. The summed E-state index contributed by atoms with van der Waals surface area (Å²) in [6, 6.07) is 0. The maximum absolute atomic E-state index is 11.1. The molecule has 0 radical (unpaired) electrons. The molecule has 3 aliphatic rings. The van der Waals surface area contributed by atoms with Gasteiger partial charge < -0.3 is 9.29 Å². The number of esters is 1. The largest absolute Gasteiger partial charge is 0.726 e. The van der Waals surface area contributed by atoms with Crippen LogP contribution >= 0.6 is 7.26 Å². The molecule has 0 unspecified atom stereocenters. The zero-order valence-electron chi connectivity index (χ0n) is 25.9. The number of rotatable bonds is 16. The highest BCUT2D eigenvalue weighted by molar-refractivity contribution is 7.80. The van der Waals surface area contributed by atoms with Crippen LogP contribution in [0.2, 0.25) is 0 Å². The van der Waals surface area contributed by atoms with Gasteiger partial charge in [-0.25, -0.2) is 8.42 Å². The fourth-order valence-electron chi connectivity index (χ4n) is 7.87. The van der Waals surface area contributed by atoms with Crippen LogP contribution < -0.4 is 0 Å². The number of ether oxygens (including phenoxy) is 1. The van der Waals surface area contributed by atoms with Gasteiger partial charge >= 0.3 is 5.97 Å². The Morgan fingerprint density at radius 2 is 1.10 bits per heavy atom. The maximum atomic E-state index is 11.1. The number of carbonyl (C=O) groups excluding carboxylic acids is 1. The molecule has 6 nitrogen and oxygen atoms in total. The van der Waals surface area contributed by atoms with Crippen molar-refractivity contribution < 1.29 is 26.7 Å². The van der Waals surface area contributed by atoms with E-state index in [4.69, 9.17) is 4.74 Å². The summed E-state index contributed by atoms with van der Waals surface area (Å²) in [5, 5.41) is 0. The second-order valence-corrected chi connectivity index (χ2v) is 18.3. The number of unbranched alkanes of at least 4 members (excludes halogenated alkanes) is 6. The molecule has 0 aliphatic heterocycles. The van der Waals surface area contributed by atoms with Crippen molar-refractivity contribution in [3.8, 4) is 0 Å². The standard InChI is InChI=1S/C24H44O2P.C8H18O4S/c1-21(25)26-19-11-12-20-27(22-13-5-2-6-14-22,23-15-7-3-8-16-23)24-17-9-4-10-18-24;1-2-3-4-5-6-7-8-12-13(9,10)11/h22-24H,2-20H2,1H3;2-8H2,1H3,(H,9,10,11)/q+1;/p-1. The van der Waals surface area contributed by atoms with E-state index in [1.54, 1.807) is 45.4 Å². The summed E-state index contributed by atoms with van der Waals surface area (Å²) >= 11 is 0. The summed E-state index contributed by atoms with van der Waals surface area (Å²) in [5.41, 5.74) is 3.27. The predicted octanol–water partition coefficient (Wildman–Crippen LogP) is 9.17. The van der Waals surface area contributed by atoms with Crippen molar-refractivity contribution in [1.29, 1.82) is 0 Å². The molecule has 8 heteroatoms. The van der Waals surface area contributed by atoms with Gasteiger partial charge in [0.1, 0.15) is 0 Å². The van der Waals surface area contributed by atoms with E-state index in [9.17, 15) is 17.8 Å². The molecule has 3 aliphatic carbocycles. The lowest BCUT2D eigenvalue weighted by Gasteiger charge is -2.49. The van der Waals surface area contributed by atoms with E-state index in [1.807, 2.05) is 0 Å². The lowest BCUT2D eigenvalue weighted by molar-refractivity contribution is -0.141. The van der Waals surface area contributed by atoms with Gasteiger partial charge in [-0.05, 0) is 96.3 Å². The second-order valence-electron chi connectivity index (χ2n) is 12.6. The predicted molar refractivity (Wildman–Crippen MR) is 167 cm³/mol. The summed E-state index contributed by atoms with van der Waals surface area (Å²) < 4.78 is 39.3. The van der Waals surface area contributed by atoms with Crippen LogP contribution in [0.15, 0.2) is 0 Å². The summed E-state index contributed by atoms with van der Waals surface area (Å²) in [7, 11) is -5.40. The smallest absolute Gasteiger partial charge is 0.302 e. The summed E-state index contributed by atoms with van der Waals surface area (Å²) in [6.45, 7) is 4.35. The van der Waals surface area contributed by atoms with E-state index < -0.39 is 17.7 Å². The third-order valence-corrected chi connectivity index (χ3v) is 16.9. The first-order valence-corrected chi connectivity index (χ1v) is 20.4. The van der Waals surface area contributed by atoms with Crippen molar-refractivity contribution in [2.75, 3.05) is 19.4 Å². The molecule has 3 rings (SSSR count). The van der Waals surface area contributed by atoms with Crippen molar-refractivity contribution >= 4 is 23.6 Å². The fourth-order valence-corrected chi connectivity index (χ4v) is 15.8. The zero-order valence-corrected chi connectivity index (χ0v) is 27.6. The number of hydrogen-bond donors (Lipinski definition) is 0. The van der Waals surface area contributed by atoms with Crippen LogP contribution in [-0.2, 0) is 24.1 Å². The first-order chi connectivity index (χ1) is 19.3. The van der Waals surface area contributed by atoms with Crippen molar-refractivity contribution in [3.05, 3.63) is 0 Å². The van der Waals surface area contributed by atoms with Crippen LogP contribution in [-0.4, -0.2) is 55.3 Å². The van der Waals surface area contributed by atoms with Crippen LogP contribution in [0.5, 0.6) is 0 Å². The topological polar surface area (TPSA) is 92.7 Å². The Bertz CT molecular complexity index is 710. The van der Waals surface area contributed by atoms with Gasteiger partial charge in [0.15, 0.2) is 0 Å². The monoisotopic (exact) mass is 604 g/mol. The molecule has 0 amide bonds. The SMILES string of the molecule is CC(=O)OCCCC[P+](C1CCCCC1)(C1CCCCC1)C1CCCCC1.CCCCCCCCOS(=O)(=O)[O-]. The molecule has 0 bridgehead atoms. The molecule has 0 aromatic carbocycles. The molecular weight excluding hydrogens is 543 g/mol. The minimum atomic E-state index is -4.47. The van der Waals surface area contributed by atoms with Gasteiger partial charge in [0.2, 0.25) is 10.4 Å². The van der Waals surface area contributed by atoms with E-state index in [0.717, 1.165) is 36.2 Å². The van der Waals surface area contributed by atoms with Gasteiger partial charge in [0.25, 0.3) is 0 Å². The lowest BCUT2D eigenvalue weighted by Crippen LogP contribution is -2.37. The molecule has 3 fully saturated rings. The Morgan fingerprint density at radius 1 is 0.675 bits per heavy atom. The minimum absolute atomic E-state index is 0.0258. The first-order valence-electron chi connectivity index (χ1n) is 16.9. The first kappa shape index (κ1) is 36.0. The molecule has 0 spiro atoms. The third kappa shape index (κ3) is 13.8. The molecule has 236 valence electrons. The molecule has 0 N–H and O–H groups in total. The van der Waals surface area contributed by atoms with Crippen molar-refractivity contribution in [3.63, 3.8) is 0 Å². The lowest BCUT2D eigenvalue weighted by atomic mass is 9.99. The van der Waals surface area contributed by atoms with Gasteiger partial charge in [-0.3, -0.25) is 8.98 Å². The van der Waals surface area contributed by atoms with Crippen molar-refractivity contribution in [1.82, 2.24) is 0 Å². The average molecular weight is 605 g/mol. The zero-order chi connectivity index (χ0) is 29.1. The van der Waals surface area contributed by atoms with E-state index in [2.05, 4.69) is 11.1 Å².